The van der Waals surface area contributed by atoms with Gasteiger partial charge in [0, 0.05) is 44.3 Å². The lowest BCUT2D eigenvalue weighted by Gasteiger charge is -2.36. The molecular formula is C21H20N6OS. The summed E-state index contributed by atoms with van der Waals surface area (Å²) in [4.78, 5) is 17.5. The quantitative estimate of drug-likeness (QED) is 0.523. The summed E-state index contributed by atoms with van der Waals surface area (Å²) in [5.41, 5.74) is 2.79. The Balaban J connectivity index is 1.19. The zero-order chi connectivity index (χ0) is 19.6. The standard InChI is InChI=1S/C21H20N6OS/c29-21(23-13-15-3-4-16-2-1-6-22-18(16)12-15)27-9-7-26(8-10-27)19-17-5-11-28-20(17)25-14-24-19/h1-6,11-12,14H,7-10,13H2,(H,23,29). The monoisotopic (exact) mass is 404 g/mol. The van der Waals surface area contributed by atoms with Crippen molar-refractivity contribution in [2.45, 2.75) is 6.54 Å². The zero-order valence-electron chi connectivity index (χ0n) is 15.8. The van der Waals surface area contributed by atoms with Crippen molar-refractivity contribution in [2.75, 3.05) is 31.1 Å². The summed E-state index contributed by atoms with van der Waals surface area (Å²) < 4.78 is 5.39. The molecule has 0 unspecified atom stereocenters. The third-order valence-electron chi connectivity index (χ3n) is 5.22. The number of nitrogens with one attached hydrogen (secondary N) is 1. The number of furan rings is 1. The van der Waals surface area contributed by atoms with Gasteiger partial charge in [-0.25, -0.2) is 9.97 Å². The Morgan fingerprint density at radius 2 is 1.97 bits per heavy atom. The number of benzene rings is 1. The van der Waals surface area contributed by atoms with E-state index in [0.717, 1.165) is 53.4 Å². The van der Waals surface area contributed by atoms with E-state index < -0.39 is 0 Å². The fourth-order valence-electron chi connectivity index (χ4n) is 3.66. The van der Waals surface area contributed by atoms with Crippen LogP contribution in [0.3, 0.4) is 0 Å². The maximum Gasteiger partial charge on any atom is 0.231 e. The average molecular weight is 404 g/mol. The van der Waals surface area contributed by atoms with Crippen LogP contribution in [0.2, 0.25) is 0 Å². The van der Waals surface area contributed by atoms with Gasteiger partial charge in [-0.2, -0.15) is 0 Å². The van der Waals surface area contributed by atoms with E-state index in [1.165, 1.54) is 5.56 Å². The maximum atomic E-state index is 5.63. The minimum absolute atomic E-state index is 0.625. The summed E-state index contributed by atoms with van der Waals surface area (Å²) >= 11 is 5.63. The van der Waals surface area contributed by atoms with Crippen LogP contribution < -0.4 is 10.2 Å². The number of piperazine rings is 1. The minimum atomic E-state index is 0.625. The van der Waals surface area contributed by atoms with Gasteiger partial charge in [0.2, 0.25) is 5.71 Å². The lowest BCUT2D eigenvalue weighted by molar-refractivity contribution is 0.379. The van der Waals surface area contributed by atoms with E-state index in [9.17, 15) is 0 Å². The smallest absolute Gasteiger partial charge is 0.231 e. The zero-order valence-corrected chi connectivity index (χ0v) is 16.6. The van der Waals surface area contributed by atoms with Crippen molar-refractivity contribution < 1.29 is 4.42 Å². The van der Waals surface area contributed by atoms with Gasteiger partial charge >= 0.3 is 0 Å². The van der Waals surface area contributed by atoms with Gasteiger partial charge in [0.15, 0.2) is 5.11 Å². The highest BCUT2D eigenvalue weighted by atomic mass is 32.1. The first-order valence-corrected chi connectivity index (χ1v) is 9.98. The molecule has 1 saturated heterocycles. The van der Waals surface area contributed by atoms with E-state index in [-0.39, 0.29) is 0 Å². The first-order chi connectivity index (χ1) is 14.3. The highest BCUT2D eigenvalue weighted by Crippen LogP contribution is 2.24. The van der Waals surface area contributed by atoms with Crippen molar-refractivity contribution in [1.29, 1.82) is 0 Å². The second-order valence-electron chi connectivity index (χ2n) is 7.00. The van der Waals surface area contributed by atoms with Crippen LogP contribution >= 0.6 is 12.2 Å². The van der Waals surface area contributed by atoms with Gasteiger partial charge in [-0.3, -0.25) is 4.98 Å². The van der Waals surface area contributed by atoms with E-state index in [1.807, 2.05) is 18.3 Å². The number of pyridine rings is 1. The fourth-order valence-corrected chi connectivity index (χ4v) is 3.92. The Hall–Kier alpha value is -3.26. The van der Waals surface area contributed by atoms with Gasteiger partial charge in [0.05, 0.1) is 17.2 Å². The molecule has 29 heavy (non-hydrogen) atoms. The Bertz CT molecular complexity index is 1170. The van der Waals surface area contributed by atoms with Crippen LogP contribution in [-0.2, 0) is 6.54 Å². The van der Waals surface area contributed by atoms with Gasteiger partial charge in [-0.05, 0) is 36.0 Å². The average Bonchev–Trinajstić information content (AvgIpc) is 3.26. The van der Waals surface area contributed by atoms with Crippen molar-refractivity contribution in [2.24, 2.45) is 0 Å². The number of aromatic nitrogens is 3. The molecule has 0 radical (unpaired) electrons. The number of fused-ring (bicyclic) bond motifs is 2. The van der Waals surface area contributed by atoms with Crippen molar-refractivity contribution in [3.05, 3.63) is 60.7 Å². The van der Waals surface area contributed by atoms with Gasteiger partial charge in [-0.15, -0.1) is 0 Å². The van der Waals surface area contributed by atoms with Gasteiger partial charge in [0.25, 0.3) is 0 Å². The summed E-state index contributed by atoms with van der Waals surface area (Å²) in [5.74, 6) is 0.922. The predicted molar refractivity (Wildman–Crippen MR) is 117 cm³/mol. The number of nitrogens with zero attached hydrogens (tertiary/aromatic N) is 5. The highest BCUT2D eigenvalue weighted by Gasteiger charge is 2.22. The van der Waals surface area contributed by atoms with Crippen molar-refractivity contribution in [3.8, 4) is 0 Å². The highest BCUT2D eigenvalue weighted by molar-refractivity contribution is 7.80. The normalized spacial score (nSPS) is 14.5. The molecular weight excluding hydrogens is 384 g/mol. The third kappa shape index (κ3) is 3.58. The Morgan fingerprint density at radius 1 is 1.07 bits per heavy atom. The molecule has 1 aromatic carbocycles. The van der Waals surface area contributed by atoms with Crippen LogP contribution in [0, 0.1) is 0 Å². The van der Waals surface area contributed by atoms with Crippen molar-refractivity contribution in [3.63, 3.8) is 0 Å². The molecule has 0 amide bonds. The third-order valence-corrected chi connectivity index (χ3v) is 5.62. The molecule has 4 aromatic rings. The number of hydrogen-bond donors (Lipinski definition) is 1. The van der Waals surface area contributed by atoms with Gasteiger partial charge in [-0.1, -0.05) is 18.2 Å². The number of rotatable bonds is 3. The fraction of sp³-hybridized carbons (Fsp3) is 0.238. The Morgan fingerprint density at radius 3 is 2.86 bits per heavy atom. The molecule has 4 heterocycles. The van der Waals surface area contributed by atoms with Crippen molar-refractivity contribution in [1.82, 2.24) is 25.2 Å². The first-order valence-electron chi connectivity index (χ1n) is 9.57. The largest absolute Gasteiger partial charge is 0.446 e. The second kappa shape index (κ2) is 7.63. The molecule has 0 bridgehead atoms. The topological polar surface area (TPSA) is 70.3 Å². The van der Waals surface area contributed by atoms with E-state index in [4.69, 9.17) is 16.6 Å². The molecule has 146 valence electrons. The summed E-state index contributed by atoms with van der Waals surface area (Å²) in [6.45, 7) is 4.06. The SMILES string of the molecule is S=C(NCc1ccc2cccnc2c1)N1CCN(c2ncnc3occc23)CC1. The van der Waals surface area contributed by atoms with Crippen LogP contribution in [0.4, 0.5) is 5.82 Å². The summed E-state index contributed by atoms with van der Waals surface area (Å²) in [6, 6.07) is 12.3. The maximum absolute atomic E-state index is 5.63. The minimum Gasteiger partial charge on any atom is -0.446 e. The Kier molecular flexibility index (Phi) is 4.69. The van der Waals surface area contributed by atoms with Gasteiger partial charge < -0.3 is 19.5 Å². The Labute approximate surface area is 173 Å². The van der Waals surface area contributed by atoms with Crippen LogP contribution in [-0.4, -0.2) is 51.1 Å². The van der Waals surface area contributed by atoms with Crippen LogP contribution in [0.15, 0.2) is 59.6 Å². The van der Waals surface area contributed by atoms with Crippen LogP contribution in [0.5, 0.6) is 0 Å². The van der Waals surface area contributed by atoms with E-state index >= 15 is 0 Å². The molecule has 0 aliphatic carbocycles. The molecule has 7 nitrogen and oxygen atoms in total. The lowest BCUT2D eigenvalue weighted by Crippen LogP contribution is -2.51. The molecule has 0 atom stereocenters. The van der Waals surface area contributed by atoms with Crippen LogP contribution in [0.25, 0.3) is 22.0 Å². The number of hydrogen-bond acceptors (Lipinski definition) is 6. The molecule has 1 aliphatic heterocycles. The van der Waals surface area contributed by atoms with Gasteiger partial charge in [0.1, 0.15) is 12.1 Å². The van der Waals surface area contributed by atoms with E-state index in [2.05, 4.69) is 54.3 Å². The summed E-state index contributed by atoms with van der Waals surface area (Å²) in [5, 5.41) is 6.26. The number of thiocarbonyl (C=S) groups is 1. The van der Waals surface area contributed by atoms with E-state index in [1.54, 1.807) is 12.6 Å². The van der Waals surface area contributed by atoms with Crippen LogP contribution in [0.1, 0.15) is 5.56 Å². The molecule has 3 aromatic heterocycles. The summed E-state index contributed by atoms with van der Waals surface area (Å²) in [6.07, 6.45) is 5.03. The van der Waals surface area contributed by atoms with E-state index in [0.29, 0.717) is 12.3 Å². The molecule has 1 N–H and O–H groups in total. The molecule has 8 heteroatoms. The molecule has 5 rings (SSSR count). The molecule has 1 aliphatic rings. The lowest BCUT2D eigenvalue weighted by atomic mass is 10.1. The number of anilines is 1. The second-order valence-corrected chi connectivity index (χ2v) is 7.39. The summed E-state index contributed by atoms with van der Waals surface area (Å²) in [7, 11) is 0. The molecule has 0 saturated carbocycles. The molecule has 1 fully saturated rings. The predicted octanol–water partition coefficient (Wildman–Crippen LogP) is 2.97. The van der Waals surface area contributed by atoms with Crippen molar-refractivity contribution >= 4 is 45.2 Å². The first kappa shape index (κ1) is 17.8. The molecule has 0 spiro atoms.